The first kappa shape index (κ1) is 15.4. The molecule has 96 valence electrons. The van der Waals surface area contributed by atoms with Crippen molar-refractivity contribution in [3.8, 4) is 0 Å². The summed E-state index contributed by atoms with van der Waals surface area (Å²) in [6.07, 6.45) is 0. The largest absolute Gasteiger partial charge is 0.384 e. The molecule has 0 rings (SSSR count). The van der Waals surface area contributed by atoms with E-state index in [9.17, 15) is 4.79 Å². The maximum absolute atomic E-state index is 12.1. The van der Waals surface area contributed by atoms with E-state index in [1.165, 1.54) is 0 Å². The van der Waals surface area contributed by atoms with Crippen molar-refractivity contribution >= 4 is 5.91 Å². The van der Waals surface area contributed by atoms with Gasteiger partial charge in [-0.2, -0.15) is 0 Å². The van der Waals surface area contributed by atoms with Gasteiger partial charge < -0.3 is 9.64 Å². The standard InChI is InChI=1S/C13H27NO2/c1-7-14(8-11(4)9-16-6)13(15)12(5)10(2)3/h10-12H,7-9H2,1-6H3. The van der Waals surface area contributed by atoms with Crippen molar-refractivity contribution in [3.05, 3.63) is 0 Å². The van der Waals surface area contributed by atoms with Crippen LogP contribution in [0.5, 0.6) is 0 Å². The zero-order chi connectivity index (χ0) is 12.7. The van der Waals surface area contributed by atoms with Crippen LogP contribution in [-0.4, -0.2) is 37.6 Å². The van der Waals surface area contributed by atoms with E-state index in [0.717, 1.165) is 13.1 Å². The Morgan fingerprint density at radius 1 is 1.25 bits per heavy atom. The first-order chi connectivity index (χ1) is 7.43. The average Bonchev–Trinajstić information content (AvgIpc) is 2.24. The van der Waals surface area contributed by atoms with Gasteiger partial charge in [-0.15, -0.1) is 0 Å². The van der Waals surface area contributed by atoms with Crippen molar-refractivity contribution in [1.82, 2.24) is 4.90 Å². The van der Waals surface area contributed by atoms with Crippen LogP contribution in [0.1, 0.15) is 34.6 Å². The van der Waals surface area contributed by atoms with Gasteiger partial charge in [0.2, 0.25) is 5.91 Å². The first-order valence-electron chi connectivity index (χ1n) is 6.21. The molecule has 0 aliphatic heterocycles. The van der Waals surface area contributed by atoms with Gasteiger partial charge in [-0.25, -0.2) is 0 Å². The van der Waals surface area contributed by atoms with Gasteiger partial charge in [-0.3, -0.25) is 4.79 Å². The molecule has 3 heteroatoms. The molecule has 0 aliphatic rings. The van der Waals surface area contributed by atoms with Crippen LogP contribution in [0.3, 0.4) is 0 Å². The molecule has 2 atom stereocenters. The molecule has 0 fully saturated rings. The number of nitrogens with zero attached hydrogens (tertiary/aromatic N) is 1. The minimum atomic E-state index is 0.106. The summed E-state index contributed by atoms with van der Waals surface area (Å²) in [5.74, 6) is 1.17. The fourth-order valence-corrected chi connectivity index (χ4v) is 1.66. The zero-order valence-corrected chi connectivity index (χ0v) is 11.6. The number of ether oxygens (including phenoxy) is 1. The van der Waals surface area contributed by atoms with Crippen LogP contribution in [0.4, 0.5) is 0 Å². The lowest BCUT2D eigenvalue weighted by Crippen LogP contribution is -2.40. The number of carbonyl (C=O) groups is 1. The summed E-state index contributed by atoms with van der Waals surface area (Å²) < 4.78 is 5.10. The fourth-order valence-electron chi connectivity index (χ4n) is 1.66. The molecule has 0 aromatic rings. The van der Waals surface area contributed by atoms with E-state index in [4.69, 9.17) is 4.74 Å². The summed E-state index contributed by atoms with van der Waals surface area (Å²) in [5, 5.41) is 0. The Bertz CT molecular complexity index is 204. The molecule has 0 saturated carbocycles. The van der Waals surface area contributed by atoms with Crippen LogP contribution in [0, 0.1) is 17.8 Å². The second-order valence-electron chi connectivity index (χ2n) is 4.97. The van der Waals surface area contributed by atoms with Crippen LogP contribution in [0.2, 0.25) is 0 Å². The third kappa shape index (κ3) is 4.97. The molecule has 0 heterocycles. The molecule has 1 amide bonds. The molecule has 0 aliphatic carbocycles. The number of carbonyl (C=O) groups excluding carboxylic acids is 1. The number of hydrogen-bond donors (Lipinski definition) is 0. The van der Waals surface area contributed by atoms with E-state index in [2.05, 4.69) is 20.8 Å². The predicted octanol–water partition coefficient (Wildman–Crippen LogP) is 2.41. The smallest absolute Gasteiger partial charge is 0.225 e. The lowest BCUT2D eigenvalue weighted by Gasteiger charge is -2.28. The number of rotatable bonds is 7. The Morgan fingerprint density at radius 3 is 2.19 bits per heavy atom. The highest BCUT2D eigenvalue weighted by atomic mass is 16.5. The summed E-state index contributed by atoms with van der Waals surface area (Å²) in [7, 11) is 1.70. The monoisotopic (exact) mass is 229 g/mol. The van der Waals surface area contributed by atoms with Crippen LogP contribution in [0.25, 0.3) is 0 Å². The van der Waals surface area contributed by atoms with Crippen molar-refractivity contribution < 1.29 is 9.53 Å². The van der Waals surface area contributed by atoms with Gasteiger partial charge >= 0.3 is 0 Å². The van der Waals surface area contributed by atoms with Gasteiger partial charge in [-0.1, -0.05) is 27.7 Å². The highest BCUT2D eigenvalue weighted by Crippen LogP contribution is 2.14. The Hall–Kier alpha value is -0.570. The molecular weight excluding hydrogens is 202 g/mol. The highest BCUT2D eigenvalue weighted by Gasteiger charge is 2.22. The Labute approximate surface area is 100 Å². The van der Waals surface area contributed by atoms with E-state index in [-0.39, 0.29) is 11.8 Å². The van der Waals surface area contributed by atoms with Crippen molar-refractivity contribution in [3.63, 3.8) is 0 Å². The molecule has 0 saturated heterocycles. The van der Waals surface area contributed by atoms with E-state index in [1.54, 1.807) is 7.11 Å². The van der Waals surface area contributed by atoms with Crippen molar-refractivity contribution in [1.29, 1.82) is 0 Å². The van der Waals surface area contributed by atoms with E-state index in [1.807, 2.05) is 18.7 Å². The summed E-state index contributed by atoms with van der Waals surface area (Å²) >= 11 is 0. The second-order valence-corrected chi connectivity index (χ2v) is 4.97. The maximum atomic E-state index is 12.1. The molecule has 0 aromatic heterocycles. The average molecular weight is 229 g/mol. The second kappa shape index (κ2) is 7.66. The minimum absolute atomic E-state index is 0.106. The first-order valence-corrected chi connectivity index (χ1v) is 6.21. The molecule has 0 aromatic carbocycles. The third-order valence-corrected chi connectivity index (χ3v) is 3.07. The highest BCUT2D eigenvalue weighted by molar-refractivity contribution is 5.78. The third-order valence-electron chi connectivity index (χ3n) is 3.07. The van der Waals surface area contributed by atoms with Crippen LogP contribution in [-0.2, 0) is 9.53 Å². The normalized spacial score (nSPS) is 14.9. The van der Waals surface area contributed by atoms with Crippen molar-refractivity contribution in [2.75, 3.05) is 26.8 Å². The Kier molecular flexibility index (Phi) is 7.39. The summed E-state index contributed by atoms with van der Waals surface area (Å²) in [4.78, 5) is 14.1. The van der Waals surface area contributed by atoms with Gasteiger partial charge in [0.15, 0.2) is 0 Å². The van der Waals surface area contributed by atoms with Crippen LogP contribution >= 0.6 is 0 Å². The zero-order valence-electron chi connectivity index (χ0n) is 11.6. The lowest BCUT2D eigenvalue weighted by atomic mass is 9.96. The Morgan fingerprint density at radius 2 is 1.81 bits per heavy atom. The number of methoxy groups -OCH3 is 1. The van der Waals surface area contributed by atoms with Crippen molar-refractivity contribution in [2.24, 2.45) is 17.8 Å². The molecule has 0 bridgehead atoms. The predicted molar refractivity (Wildman–Crippen MR) is 67.3 cm³/mol. The molecule has 0 N–H and O–H groups in total. The molecule has 16 heavy (non-hydrogen) atoms. The van der Waals surface area contributed by atoms with Gasteiger partial charge in [0.05, 0.1) is 6.61 Å². The summed E-state index contributed by atoms with van der Waals surface area (Å²) in [5.41, 5.74) is 0. The quantitative estimate of drug-likeness (QED) is 0.671. The van der Waals surface area contributed by atoms with Crippen molar-refractivity contribution in [2.45, 2.75) is 34.6 Å². The summed E-state index contributed by atoms with van der Waals surface area (Å²) in [6, 6.07) is 0. The van der Waals surface area contributed by atoms with Gasteiger partial charge in [0, 0.05) is 26.1 Å². The van der Waals surface area contributed by atoms with Gasteiger partial charge in [0.25, 0.3) is 0 Å². The molecule has 3 nitrogen and oxygen atoms in total. The number of amides is 1. The van der Waals surface area contributed by atoms with Crippen LogP contribution < -0.4 is 0 Å². The molecule has 0 spiro atoms. The molecule has 2 unspecified atom stereocenters. The Balaban J connectivity index is 4.32. The number of hydrogen-bond acceptors (Lipinski definition) is 2. The fraction of sp³-hybridized carbons (Fsp3) is 0.923. The lowest BCUT2D eigenvalue weighted by molar-refractivity contribution is -0.136. The maximum Gasteiger partial charge on any atom is 0.225 e. The van der Waals surface area contributed by atoms with E-state index in [0.29, 0.717) is 18.4 Å². The molecule has 0 radical (unpaired) electrons. The van der Waals surface area contributed by atoms with Crippen LogP contribution in [0.15, 0.2) is 0 Å². The van der Waals surface area contributed by atoms with E-state index >= 15 is 0 Å². The molecular formula is C13H27NO2. The van der Waals surface area contributed by atoms with E-state index < -0.39 is 0 Å². The minimum Gasteiger partial charge on any atom is -0.384 e. The topological polar surface area (TPSA) is 29.5 Å². The van der Waals surface area contributed by atoms with Gasteiger partial charge in [-0.05, 0) is 18.8 Å². The van der Waals surface area contributed by atoms with Gasteiger partial charge in [0.1, 0.15) is 0 Å². The summed E-state index contributed by atoms with van der Waals surface area (Å²) in [6.45, 7) is 12.6. The SMILES string of the molecule is CCN(CC(C)COC)C(=O)C(C)C(C)C.